The smallest absolute Gasteiger partial charge is 0.220 e. The summed E-state index contributed by atoms with van der Waals surface area (Å²) in [5, 5.41) is 7.80. The van der Waals surface area contributed by atoms with Gasteiger partial charge in [-0.3, -0.25) is 4.79 Å². The minimum Gasteiger partial charge on any atom is -0.488 e. The second kappa shape index (κ2) is 8.40. The summed E-state index contributed by atoms with van der Waals surface area (Å²) in [7, 11) is 0. The number of carbonyl (C=O) groups excluding carboxylic acids is 1. The largest absolute Gasteiger partial charge is 0.488 e. The minimum atomic E-state index is -0.132. The van der Waals surface area contributed by atoms with E-state index in [1.165, 1.54) is 5.69 Å². The van der Waals surface area contributed by atoms with Gasteiger partial charge in [0.25, 0.3) is 0 Å². The maximum Gasteiger partial charge on any atom is 0.220 e. The van der Waals surface area contributed by atoms with Crippen LogP contribution in [0.25, 0.3) is 16.6 Å². The standard InChI is InChI=1S/C23H25ClN4O3/c1-15(17-11-22(29)25-12-17)31-21-10-18(14-28-23(21)20(24)13-26-28)16-2-4-19(5-3-16)27-6-8-30-9-7-27/h2-5,10,13-15,17H,6-9,11-12H2,1H3,(H,25,29)/t15-,17?/m1/s1. The Balaban J connectivity index is 1.44. The first-order valence-corrected chi connectivity index (χ1v) is 11.0. The Morgan fingerprint density at radius 2 is 2.00 bits per heavy atom. The zero-order valence-corrected chi connectivity index (χ0v) is 18.1. The molecule has 162 valence electrons. The number of ether oxygens (including phenoxy) is 2. The van der Waals surface area contributed by atoms with Gasteiger partial charge in [0.05, 0.1) is 24.4 Å². The molecule has 0 saturated carbocycles. The highest BCUT2D eigenvalue weighted by Crippen LogP contribution is 2.34. The van der Waals surface area contributed by atoms with Crippen LogP contribution in [-0.2, 0) is 9.53 Å². The molecule has 1 N–H and O–H groups in total. The third-order valence-corrected chi connectivity index (χ3v) is 6.37. The molecule has 2 fully saturated rings. The summed E-state index contributed by atoms with van der Waals surface area (Å²) in [6.07, 6.45) is 3.93. The molecule has 1 aromatic carbocycles. The molecule has 5 rings (SSSR count). The van der Waals surface area contributed by atoms with E-state index in [1.54, 1.807) is 10.7 Å². The van der Waals surface area contributed by atoms with Gasteiger partial charge in [0.15, 0.2) is 0 Å². The maximum atomic E-state index is 11.6. The van der Waals surface area contributed by atoms with E-state index in [1.807, 2.05) is 19.2 Å². The van der Waals surface area contributed by atoms with E-state index >= 15 is 0 Å². The Morgan fingerprint density at radius 3 is 2.71 bits per heavy atom. The number of anilines is 1. The molecule has 3 aromatic rings. The molecule has 2 atom stereocenters. The third kappa shape index (κ3) is 4.07. The van der Waals surface area contributed by atoms with Gasteiger partial charge in [-0.1, -0.05) is 23.7 Å². The Bertz CT molecular complexity index is 1090. The third-order valence-electron chi connectivity index (χ3n) is 6.09. The molecular weight excluding hydrogens is 416 g/mol. The first-order chi connectivity index (χ1) is 15.1. The van der Waals surface area contributed by atoms with E-state index in [4.69, 9.17) is 21.1 Å². The van der Waals surface area contributed by atoms with E-state index in [0.29, 0.717) is 23.7 Å². The average Bonchev–Trinajstić information content (AvgIpc) is 3.40. The van der Waals surface area contributed by atoms with Crippen LogP contribution in [0.1, 0.15) is 13.3 Å². The molecule has 1 unspecified atom stereocenters. The van der Waals surface area contributed by atoms with Crippen molar-refractivity contribution < 1.29 is 14.3 Å². The highest BCUT2D eigenvalue weighted by Gasteiger charge is 2.28. The van der Waals surface area contributed by atoms with Crippen molar-refractivity contribution >= 4 is 28.7 Å². The van der Waals surface area contributed by atoms with E-state index in [9.17, 15) is 4.79 Å². The predicted molar refractivity (Wildman–Crippen MR) is 120 cm³/mol. The highest BCUT2D eigenvalue weighted by atomic mass is 35.5. The Labute approximate surface area is 185 Å². The number of nitrogens with zero attached hydrogens (tertiary/aromatic N) is 3. The van der Waals surface area contributed by atoms with Crippen LogP contribution in [0.15, 0.2) is 42.7 Å². The van der Waals surface area contributed by atoms with Gasteiger partial charge >= 0.3 is 0 Å². The maximum absolute atomic E-state index is 11.6. The van der Waals surface area contributed by atoms with Gasteiger partial charge in [0.1, 0.15) is 17.4 Å². The van der Waals surface area contributed by atoms with Gasteiger partial charge in [0, 0.05) is 49.4 Å². The molecule has 0 bridgehead atoms. The number of hydrogen-bond donors (Lipinski definition) is 1. The molecule has 7 nitrogen and oxygen atoms in total. The van der Waals surface area contributed by atoms with Crippen LogP contribution in [-0.4, -0.2) is 54.5 Å². The number of rotatable bonds is 5. The summed E-state index contributed by atoms with van der Waals surface area (Å²) < 4.78 is 13.5. The Morgan fingerprint density at radius 1 is 1.23 bits per heavy atom. The summed E-state index contributed by atoms with van der Waals surface area (Å²) in [5.41, 5.74) is 3.99. The highest BCUT2D eigenvalue weighted by molar-refractivity contribution is 6.34. The zero-order chi connectivity index (χ0) is 21.4. The monoisotopic (exact) mass is 440 g/mol. The van der Waals surface area contributed by atoms with Crippen molar-refractivity contribution in [3.8, 4) is 16.9 Å². The fourth-order valence-electron chi connectivity index (χ4n) is 4.24. The minimum absolute atomic E-state index is 0.0714. The Kier molecular flexibility index (Phi) is 5.46. The molecule has 1 amide bonds. The first kappa shape index (κ1) is 20.2. The molecule has 4 heterocycles. The summed E-state index contributed by atoms with van der Waals surface area (Å²) in [6, 6.07) is 10.5. The van der Waals surface area contributed by atoms with E-state index in [0.717, 1.165) is 42.9 Å². The van der Waals surface area contributed by atoms with Crippen molar-refractivity contribution in [3.05, 3.63) is 47.7 Å². The molecule has 0 radical (unpaired) electrons. The lowest BCUT2D eigenvalue weighted by Gasteiger charge is -2.29. The average molecular weight is 441 g/mol. The van der Waals surface area contributed by atoms with Crippen molar-refractivity contribution in [2.24, 2.45) is 5.92 Å². The van der Waals surface area contributed by atoms with Crippen molar-refractivity contribution in [1.29, 1.82) is 0 Å². The van der Waals surface area contributed by atoms with Gasteiger partial charge in [-0.05, 0) is 30.7 Å². The lowest BCUT2D eigenvalue weighted by Crippen LogP contribution is -2.36. The fraction of sp³-hybridized carbons (Fsp3) is 0.391. The van der Waals surface area contributed by atoms with Crippen molar-refractivity contribution in [2.45, 2.75) is 19.4 Å². The lowest BCUT2D eigenvalue weighted by molar-refractivity contribution is -0.119. The van der Waals surface area contributed by atoms with Crippen LogP contribution in [0.5, 0.6) is 5.75 Å². The normalized spacial score (nSPS) is 20.1. The summed E-state index contributed by atoms with van der Waals surface area (Å²) in [4.78, 5) is 13.9. The fourth-order valence-corrected chi connectivity index (χ4v) is 4.46. The Hall–Kier alpha value is -2.77. The number of hydrogen-bond acceptors (Lipinski definition) is 5. The molecule has 2 aliphatic rings. The molecule has 2 aliphatic heterocycles. The number of halogens is 1. The summed E-state index contributed by atoms with van der Waals surface area (Å²) >= 11 is 6.40. The molecular formula is C23H25ClN4O3. The van der Waals surface area contributed by atoms with E-state index in [-0.39, 0.29) is 17.9 Å². The number of carbonyl (C=O) groups is 1. The quantitative estimate of drug-likeness (QED) is 0.658. The van der Waals surface area contributed by atoms with Crippen LogP contribution in [0.4, 0.5) is 5.69 Å². The molecule has 0 aliphatic carbocycles. The van der Waals surface area contributed by atoms with Gasteiger partial charge in [-0.15, -0.1) is 0 Å². The van der Waals surface area contributed by atoms with Crippen LogP contribution in [0, 0.1) is 5.92 Å². The lowest BCUT2D eigenvalue weighted by atomic mass is 10.0. The van der Waals surface area contributed by atoms with Gasteiger partial charge in [-0.25, -0.2) is 4.52 Å². The van der Waals surface area contributed by atoms with Crippen molar-refractivity contribution in [2.75, 3.05) is 37.7 Å². The van der Waals surface area contributed by atoms with Crippen molar-refractivity contribution in [3.63, 3.8) is 0 Å². The number of amides is 1. The van der Waals surface area contributed by atoms with E-state index in [2.05, 4.69) is 39.6 Å². The molecule has 31 heavy (non-hydrogen) atoms. The van der Waals surface area contributed by atoms with Crippen LogP contribution in [0.3, 0.4) is 0 Å². The second-order valence-electron chi connectivity index (χ2n) is 8.12. The topological polar surface area (TPSA) is 68.1 Å². The summed E-state index contributed by atoms with van der Waals surface area (Å²) in [6.45, 7) is 5.97. The van der Waals surface area contributed by atoms with Gasteiger partial charge < -0.3 is 19.7 Å². The van der Waals surface area contributed by atoms with Crippen LogP contribution in [0.2, 0.25) is 5.02 Å². The van der Waals surface area contributed by atoms with Crippen molar-refractivity contribution in [1.82, 2.24) is 14.9 Å². The second-order valence-corrected chi connectivity index (χ2v) is 8.52. The number of nitrogens with one attached hydrogen (secondary N) is 1. The number of morpholine rings is 1. The molecule has 0 spiro atoms. The molecule has 8 heteroatoms. The van der Waals surface area contributed by atoms with Gasteiger partial charge in [0.2, 0.25) is 5.91 Å². The van der Waals surface area contributed by atoms with Gasteiger partial charge in [-0.2, -0.15) is 5.10 Å². The molecule has 2 saturated heterocycles. The van der Waals surface area contributed by atoms with Crippen LogP contribution < -0.4 is 15.0 Å². The van der Waals surface area contributed by atoms with E-state index < -0.39 is 0 Å². The number of pyridine rings is 1. The number of aromatic nitrogens is 2. The number of benzene rings is 1. The first-order valence-electron chi connectivity index (χ1n) is 10.6. The summed E-state index contributed by atoms with van der Waals surface area (Å²) in [5.74, 6) is 0.872. The molecule has 2 aromatic heterocycles. The SMILES string of the molecule is C[C@@H](Oc1cc(-c2ccc(N3CCOCC3)cc2)cn2ncc(Cl)c12)C1CNC(=O)C1. The number of fused-ring (bicyclic) bond motifs is 1. The predicted octanol–water partition coefficient (Wildman–Crippen LogP) is 3.39. The van der Waals surface area contributed by atoms with Crippen LogP contribution >= 0.6 is 11.6 Å². The zero-order valence-electron chi connectivity index (χ0n) is 17.4.